The number of hydrogen-bond acceptors (Lipinski definition) is 3. The number of fused-ring (bicyclic) bond motifs is 1. The summed E-state index contributed by atoms with van der Waals surface area (Å²) in [5.41, 5.74) is 0.841. The van der Waals surface area contributed by atoms with Gasteiger partial charge in [0.25, 0.3) is 0 Å². The van der Waals surface area contributed by atoms with Gasteiger partial charge in [0.1, 0.15) is 5.75 Å². The minimum atomic E-state index is 0.813. The van der Waals surface area contributed by atoms with Crippen LogP contribution < -0.4 is 4.74 Å². The SMILES string of the molecule is CCCc1nc2cc(OC)ccn2n1. The van der Waals surface area contributed by atoms with E-state index in [4.69, 9.17) is 4.74 Å². The lowest BCUT2D eigenvalue weighted by molar-refractivity contribution is 0.414. The molecule has 2 aromatic rings. The van der Waals surface area contributed by atoms with E-state index in [1.54, 1.807) is 11.6 Å². The smallest absolute Gasteiger partial charge is 0.159 e. The molecule has 0 spiro atoms. The average Bonchev–Trinajstić information content (AvgIpc) is 2.59. The maximum absolute atomic E-state index is 5.11. The van der Waals surface area contributed by atoms with Crippen molar-refractivity contribution in [1.82, 2.24) is 14.6 Å². The Hall–Kier alpha value is -1.58. The van der Waals surface area contributed by atoms with Crippen molar-refractivity contribution < 1.29 is 4.74 Å². The summed E-state index contributed by atoms with van der Waals surface area (Å²) in [6.07, 6.45) is 3.85. The molecule has 0 saturated heterocycles. The van der Waals surface area contributed by atoms with Crippen molar-refractivity contribution in [3.8, 4) is 5.75 Å². The van der Waals surface area contributed by atoms with Gasteiger partial charge in [0.15, 0.2) is 11.5 Å². The van der Waals surface area contributed by atoms with E-state index in [1.165, 1.54) is 0 Å². The topological polar surface area (TPSA) is 39.4 Å². The molecule has 74 valence electrons. The van der Waals surface area contributed by atoms with Crippen molar-refractivity contribution in [3.63, 3.8) is 0 Å². The summed E-state index contributed by atoms with van der Waals surface area (Å²) in [5.74, 6) is 1.70. The molecule has 0 atom stereocenters. The number of pyridine rings is 1. The highest BCUT2D eigenvalue weighted by Crippen LogP contribution is 2.12. The Balaban J connectivity index is 2.43. The third kappa shape index (κ3) is 1.55. The molecule has 0 aromatic carbocycles. The monoisotopic (exact) mass is 191 g/mol. The summed E-state index contributed by atoms with van der Waals surface area (Å²) in [5, 5.41) is 4.33. The molecule has 0 aliphatic carbocycles. The molecular weight excluding hydrogens is 178 g/mol. The third-order valence-corrected chi connectivity index (χ3v) is 2.06. The summed E-state index contributed by atoms with van der Waals surface area (Å²) >= 11 is 0. The zero-order valence-corrected chi connectivity index (χ0v) is 8.40. The maximum atomic E-state index is 5.11. The largest absolute Gasteiger partial charge is 0.497 e. The third-order valence-electron chi connectivity index (χ3n) is 2.06. The Labute approximate surface area is 82.5 Å². The number of rotatable bonds is 3. The molecule has 4 heteroatoms. The molecule has 0 bridgehead atoms. The number of ether oxygens (including phenoxy) is 1. The van der Waals surface area contributed by atoms with Crippen LogP contribution in [0.15, 0.2) is 18.3 Å². The number of methoxy groups -OCH3 is 1. The van der Waals surface area contributed by atoms with Crippen LogP contribution in [-0.4, -0.2) is 21.7 Å². The predicted molar refractivity (Wildman–Crippen MR) is 53.5 cm³/mol. The molecular formula is C10H13N3O. The molecule has 14 heavy (non-hydrogen) atoms. The maximum Gasteiger partial charge on any atom is 0.159 e. The first-order valence-electron chi connectivity index (χ1n) is 4.73. The Bertz CT molecular complexity index is 436. The first-order chi connectivity index (χ1) is 6.83. The fourth-order valence-electron chi connectivity index (χ4n) is 1.37. The van der Waals surface area contributed by atoms with E-state index in [-0.39, 0.29) is 0 Å². The fourth-order valence-corrected chi connectivity index (χ4v) is 1.37. The summed E-state index contributed by atoms with van der Waals surface area (Å²) in [6, 6.07) is 3.75. The Morgan fingerprint density at radius 3 is 3.07 bits per heavy atom. The zero-order chi connectivity index (χ0) is 9.97. The van der Waals surface area contributed by atoms with E-state index >= 15 is 0 Å². The number of aryl methyl sites for hydroxylation is 1. The first kappa shape index (κ1) is 8.99. The Kier molecular flexibility index (Phi) is 2.35. The van der Waals surface area contributed by atoms with Gasteiger partial charge in [0.05, 0.1) is 7.11 Å². The zero-order valence-electron chi connectivity index (χ0n) is 8.40. The van der Waals surface area contributed by atoms with E-state index in [1.807, 2.05) is 18.3 Å². The van der Waals surface area contributed by atoms with E-state index in [0.29, 0.717) is 0 Å². The highest BCUT2D eigenvalue weighted by molar-refractivity contribution is 5.43. The summed E-state index contributed by atoms with van der Waals surface area (Å²) in [4.78, 5) is 4.38. The van der Waals surface area contributed by atoms with Crippen LogP contribution in [0.3, 0.4) is 0 Å². The van der Waals surface area contributed by atoms with E-state index in [2.05, 4.69) is 17.0 Å². The van der Waals surface area contributed by atoms with Gasteiger partial charge in [0, 0.05) is 18.7 Å². The van der Waals surface area contributed by atoms with Crippen LogP contribution in [0.4, 0.5) is 0 Å². The molecule has 0 radical (unpaired) electrons. The molecule has 0 amide bonds. The second-order valence-corrected chi connectivity index (χ2v) is 3.15. The van der Waals surface area contributed by atoms with Gasteiger partial charge in [0.2, 0.25) is 0 Å². The van der Waals surface area contributed by atoms with Crippen LogP contribution >= 0.6 is 0 Å². The minimum Gasteiger partial charge on any atom is -0.497 e. The van der Waals surface area contributed by atoms with Crippen molar-refractivity contribution in [2.75, 3.05) is 7.11 Å². The normalized spacial score (nSPS) is 10.7. The molecule has 2 heterocycles. The Morgan fingerprint density at radius 1 is 1.50 bits per heavy atom. The van der Waals surface area contributed by atoms with Gasteiger partial charge in [-0.3, -0.25) is 0 Å². The molecule has 2 rings (SSSR count). The first-order valence-corrected chi connectivity index (χ1v) is 4.73. The van der Waals surface area contributed by atoms with E-state index in [0.717, 1.165) is 30.1 Å². The second kappa shape index (κ2) is 3.65. The lowest BCUT2D eigenvalue weighted by Gasteiger charge is -1.97. The van der Waals surface area contributed by atoms with Crippen molar-refractivity contribution in [1.29, 1.82) is 0 Å². The van der Waals surface area contributed by atoms with Crippen LogP contribution in [0.5, 0.6) is 5.75 Å². The highest BCUT2D eigenvalue weighted by atomic mass is 16.5. The summed E-state index contributed by atoms with van der Waals surface area (Å²) in [7, 11) is 1.65. The van der Waals surface area contributed by atoms with Crippen LogP contribution in [0.1, 0.15) is 19.2 Å². The van der Waals surface area contributed by atoms with E-state index in [9.17, 15) is 0 Å². The standard InChI is InChI=1S/C10H13N3O/c1-3-4-9-11-10-7-8(14-2)5-6-13(10)12-9/h5-7H,3-4H2,1-2H3. The molecule has 0 N–H and O–H groups in total. The number of nitrogens with zero attached hydrogens (tertiary/aromatic N) is 3. The van der Waals surface area contributed by atoms with Crippen LogP contribution in [0.25, 0.3) is 5.65 Å². The predicted octanol–water partition coefficient (Wildman–Crippen LogP) is 1.69. The van der Waals surface area contributed by atoms with Crippen molar-refractivity contribution in [2.24, 2.45) is 0 Å². The molecule has 4 nitrogen and oxygen atoms in total. The molecule has 2 aromatic heterocycles. The lowest BCUT2D eigenvalue weighted by Crippen LogP contribution is -1.89. The fraction of sp³-hybridized carbons (Fsp3) is 0.400. The Morgan fingerprint density at radius 2 is 2.36 bits per heavy atom. The minimum absolute atomic E-state index is 0.813. The highest BCUT2D eigenvalue weighted by Gasteiger charge is 2.02. The second-order valence-electron chi connectivity index (χ2n) is 3.15. The number of aromatic nitrogens is 3. The molecule has 0 saturated carbocycles. The van der Waals surface area contributed by atoms with Gasteiger partial charge in [-0.25, -0.2) is 9.50 Å². The van der Waals surface area contributed by atoms with Crippen molar-refractivity contribution in [2.45, 2.75) is 19.8 Å². The van der Waals surface area contributed by atoms with Crippen molar-refractivity contribution >= 4 is 5.65 Å². The van der Waals surface area contributed by atoms with Crippen LogP contribution in [0, 0.1) is 0 Å². The molecule has 0 aliphatic rings. The van der Waals surface area contributed by atoms with Gasteiger partial charge in [-0.1, -0.05) is 6.92 Å². The van der Waals surface area contributed by atoms with Gasteiger partial charge in [-0.15, -0.1) is 0 Å². The van der Waals surface area contributed by atoms with Crippen LogP contribution in [0.2, 0.25) is 0 Å². The van der Waals surface area contributed by atoms with E-state index < -0.39 is 0 Å². The molecule has 0 unspecified atom stereocenters. The molecule has 0 aliphatic heterocycles. The summed E-state index contributed by atoms with van der Waals surface area (Å²) in [6.45, 7) is 2.12. The number of hydrogen-bond donors (Lipinski definition) is 0. The van der Waals surface area contributed by atoms with Gasteiger partial charge < -0.3 is 4.74 Å². The summed E-state index contributed by atoms with van der Waals surface area (Å²) < 4.78 is 6.88. The molecule has 0 fully saturated rings. The lowest BCUT2D eigenvalue weighted by atomic mass is 10.3. The van der Waals surface area contributed by atoms with Crippen molar-refractivity contribution in [3.05, 3.63) is 24.2 Å². The van der Waals surface area contributed by atoms with Gasteiger partial charge >= 0.3 is 0 Å². The van der Waals surface area contributed by atoms with Gasteiger partial charge in [-0.2, -0.15) is 5.10 Å². The van der Waals surface area contributed by atoms with Gasteiger partial charge in [-0.05, 0) is 12.5 Å². The quantitative estimate of drug-likeness (QED) is 0.741. The average molecular weight is 191 g/mol. The van der Waals surface area contributed by atoms with Crippen LogP contribution in [-0.2, 0) is 6.42 Å².